The van der Waals surface area contributed by atoms with Gasteiger partial charge in [0.25, 0.3) is 0 Å². The Labute approximate surface area is 110 Å². The molecule has 18 heavy (non-hydrogen) atoms. The van der Waals surface area contributed by atoms with Crippen LogP contribution in [0.1, 0.15) is 26.7 Å². The largest absolute Gasteiger partial charge is 0.303 e. The number of nitriles is 1. The number of nitrogens with one attached hydrogen (secondary N) is 1. The standard InChI is InChI=1S/C12H23N3O2S/c1-11-9-18(16,17)8-7-15(11)6-4-5-12(2,10-13)14-3/h11,14H,4-9H2,1-3H3. The maximum atomic E-state index is 11.5. The quantitative estimate of drug-likeness (QED) is 0.784. The van der Waals surface area contributed by atoms with Crippen molar-refractivity contribution in [1.29, 1.82) is 5.26 Å². The highest BCUT2D eigenvalue weighted by atomic mass is 32.2. The minimum atomic E-state index is -2.83. The molecule has 1 heterocycles. The van der Waals surface area contributed by atoms with Gasteiger partial charge in [0, 0.05) is 12.6 Å². The molecule has 0 amide bonds. The lowest BCUT2D eigenvalue weighted by molar-refractivity contribution is 0.216. The minimum Gasteiger partial charge on any atom is -0.303 e. The Morgan fingerprint density at radius 1 is 1.56 bits per heavy atom. The summed E-state index contributed by atoms with van der Waals surface area (Å²) in [4.78, 5) is 2.20. The summed E-state index contributed by atoms with van der Waals surface area (Å²) in [6.07, 6.45) is 1.67. The first-order valence-corrected chi connectivity index (χ1v) is 8.19. The number of rotatable bonds is 5. The predicted molar refractivity (Wildman–Crippen MR) is 72.0 cm³/mol. The molecule has 2 atom stereocenters. The van der Waals surface area contributed by atoms with Gasteiger partial charge in [0.1, 0.15) is 5.54 Å². The Morgan fingerprint density at radius 2 is 2.22 bits per heavy atom. The van der Waals surface area contributed by atoms with Crippen molar-refractivity contribution in [2.45, 2.75) is 38.3 Å². The van der Waals surface area contributed by atoms with Crippen LogP contribution in [0.25, 0.3) is 0 Å². The van der Waals surface area contributed by atoms with Crippen LogP contribution in [0.15, 0.2) is 0 Å². The molecule has 0 aromatic carbocycles. The predicted octanol–water partition coefficient (Wildman–Crippen LogP) is 0.387. The van der Waals surface area contributed by atoms with E-state index in [9.17, 15) is 8.42 Å². The average Bonchev–Trinajstić information content (AvgIpc) is 2.31. The van der Waals surface area contributed by atoms with Crippen molar-refractivity contribution in [3.63, 3.8) is 0 Å². The van der Waals surface area contributed by atoms with Crippen LogP contribution in [0, 0.1) is 11.3 Å². The molecule has 6 heteroatoms. The summed E-state index contributed by atoms with van der Waals surface area (Å²) in [5.41, 5.74) is -0.481. The third-order valence-corrected chi connectivity index (χ3v) is 5.52. The van der Waals surface area contributed by atoms with Crippen molar-refractivity contribution in [2.75, 3.05) is 31.6 Å². The van der Waals surface area contributed by atoms with Crippen molar-refractivity contribution in [2.24, 2.45) is 0 Å². The molecule has 1 aliphatic rings. The fourth-order valence-electron chi connectivity index (χ4n) is 2.24. The van der Waals surface area contributed by atoms with Crippen LogP contribution < -0.4 is 5.32 Å². The first kappa shape index (κ1) is 15.4. The lowest BCUT2D eigenvalue weighted by Gasteiger charge is -2.33. The Balaban J connectivity index is 2.40. The van der Waals surface area contributed by atoms with Crippen LogP contribution >= 0.6 is 0 Å². The zero-order chi connectivity index (χ0) is 13.8. The smallest absolute Gasteiger partial charge is 0.153 e. The van der Waals surface area contributed by atoms with E-state index in [4.69, 9.17) is 5.26 Å². The summed E-state index contributed by atoms with van der Waals surface area (Å²) in [5, 5.41) is 12.1. The molecule has 0 bridgehead atoms. The van der Waals surface area contributed by atoms with Crippen LogP contribution in [0.2, 0.25) is 0 Å². The number of nitrogens with zero attached hydrogens (tertiary/aromatic N) is 2. The van der Waals surface area contributed by atoms with Gasteiger partial charge < -0.3 is 5.32 Å². The van der Waals surface area contributed by atoms with Crippen LogP contribution in [0.4, 0.5) is 0 Å². The second-order valence-corrected chi connectivity index (χ2v) is 7.53. The molecule has 1 aliphatic heterocycles. The van der Waals surface area contributed by atoms with Crippen molar-refractivity contribution in [1.82, 2.24) is 10.2 Å². The van der Waals surface area contributed by atoms with E-state index in [1.807, 2.05) is 13.8 Å². The van der Waals surface area contributed by atoms with Crippen LogP contribution in [0.5, 0.6) is 0 Å². The average molecular weight is 273 g/mol. The number of hydrogen-bond donors (Lipinski definition) is 1. The lowest BCUT2D eigenvalue weighted by atomic mass is 9.98. The summed E-state index contributed by atoms with van der Waals surface area (Å²) >= 11 is 0. The zero-order valence-electron chi connectivity index (χ0n) is 11.4. The Hall–Kier alpha value is -0.640. The van der Waals surface area contributed by atoms with E-state index in [0.29, 0.717) is 6.54 Å². The molecule has 2 unspecified atom stereocenters. The van der Waals surface area contributed by atoms with E-state index < -0.39 is 15.4 Å². The molecule has 0 saturated carbocycles. The Kier molecular flexibility index (Phi) is 5.14. The third kappa shape index (κ3) is 4.23. The highest BCUT2D eigenvalue weighted by Crippen LogP contribution is 2.15. The summed E-state index contributed by atoms with van der Waals surface area (Å²) in [7, 11) is -1.04. The molecular weight excluding hydrogens is 250 g/mol. The van der Waals surface area contributed by atoms with Crippen molar-refractivity contribution in [3.05, 3.63) is 0 Å². The van der Waals surface area contributed by atoms with E-state index in [1.165, 1.54) is 0 Å². The maximum absolute atomic E-state index is 11.5. The third-order valence-electron chi connectivity index (χ3n) is 3.73. The summed E-state index contributed by atoms with van der Waals surface area (Å²) < 4.78 is 22.9. The van der Waals surface area contributed by atoms with E-state index in [2.05, 4.69) is 16.3 Å². The molecular formula is C12H23N3O2S. The zero-order valence-corrected chi connectivity index (χ0v) is 12.3. The molecule has 0 aromatic rings. The first-order valence-electron chi connectivity index (χ1n) is 6.36. The molecule has 104 valence electrons. The molecule has 0 spiro atoms. The van der Waals surface area contributed by atoms with E-state index in [1.54, 1.807) is 7.05 Å². The fourth-order valence-corrected chi connectivity index (χ4v) is 3.86. The molecule has 5 nitrogen and oxygen atoms in total. The molecule has 0 aliphatic carbocycles. The van der Waals surface area contributed by atoms with Crippen LogP contribution in [0.3, 0.4) is 0 Å². The van der Waals surface area contributed by atoms with E-state index in [0.717, 1.165) is 19.4 Å². The second kappa shape index (κ2) is 6.00. The van der Waals surface area contributed by atoms with Gasteiger partial charge >= 0.3 is 0 Å². The van der Waals surface area contributed by atoms with E-state index >= 15 is 0 Å². The highest BCUT2D eigenvalue weighted by molar-refractivity contribution is 7.91. The number of sulfone groups is 1. The molecule has 1 N–H and O–H groups in total. The van der Waals surface area contributed by atoms with Crippen molar-refractivity contribution >= 4 is 9.84 Å². The molecule has 1 rings (SSSR count). The first-order chi connectivity index (χ1) is 8.32. The normalized spacial score (nSPS) is 27.3. The van der Waals surface area contributed by atoms with Gasteiger partial charge in [-0.15, -0.1) is 0 Å². The maximum Gasteiger partial charge on any atom is 0.153 e. The molecule has 1 saturated heterocycles. The summed E-state index contributed by atoms with van der Waals surface area (Å²) in [6.45, 7) is 5.32. The van der Waals surface area contributed by atoms with Crippen molar-refractivity contribution < 1.29 is 8.42 Å². The van der Waals surface area contributed by atoms with Crippen molar-refractivity contribution in [3.8, 4) is 6.07 Å². The monoisotopic (exact) mass is 273 g/mol. The molecule has 0 aromatic heterocycles. The van der Waals surface area contributed by atoms with Gasteiger partial charge in [0.15, 0.2) is 9.84 Å². The lowest BCUT2D eigenvalue weighted by Crippen LogP contribution is -2.47. The second-order valence-electron chi connectivity index (χ2n) is 5.30. The Morgan fingerprint density at radius 3 is 2.72 bits per heavy atom. The fraction of sp³-hybridized carbons (Fsp3) is 0.917. The van der Waals surface area contributed by atoms with Gasteiger partial charge in [-0.3, -0.25) is 4.90 Å². The van der Waals surface area contributed by atoms with Gasteiger partial charge in [-0.1, -0.05) is 0 Å². The highest BCUT2D eigenvalue weighted by Gasteiger charge is 2.28. The molecule has 1 fully saturated rings. The van der Waals surface area contributed by atoms with Crippen LogP contribution in [-0.4, -0.2) is 56.5 Å². The van der Waals surface area contributed by atoms with Gasteiger partial charge in [-0.2, -0.15) is 5.26 Å². The summed E-state index contributed by atoms with van der Waals surface area (Å²) in [5.74, 6) is 0.521. The number of hydrogen-bond acceptors (Lipinski definition) is 5. The van der Waals surface area contributed by atoms with Crippen LogP contribution in [-0.2, 0) is 9.84 Å². The van der Waals surface area contributed by atoms with Gasteiger partial charge in [0.05, 0.1) is 17.6 Å². The van der Waals surface area contributed by atoms with E-state index in [-0.39, 0.29) is 17.5 Å². The minimum absolute atomic E-state index is 0.0895. The van der Waals surface area contributed by atoms with Gasteiger partial charge in [0.2, 0.25) is 0 Å². The van der Waals surface area contributed by atoms with Gasteiger partial charge in [-0.05, 0) is 40.3 Å². The SMILES string of the molecule is CNC(C)(C#N)CCCN1CCS(=O)(=O)CC1C. The Bertz CT molecular complexity index is 416. The summed E-state index contributed by atoms with van der Waals surface area (Å²) in [6, 6.07) is 2.35. The molecule has 0 radical (unpaired) electrons. The topological polar surface area (TPSA) is 73.2 Å². The van der Waals surface area contributed by atoms with Gasteiger partial charge in [-0.25, -0.2) is 8.42 Å².